The molecular formula is C18H22N2O2S. The summed E-state index contributed by atoms with van der Waals surface area (Å²) >= 11 is 5.31. The van der Waals surface area contributed by atoms with Gasteiger partial charge in [0.2, 0.25) is 0 Å². The van der Waals surface area contributed by atoms with E-state index in [1.54, 1.807) is 7.11 Å². The molecule has 0 saturated heterocycles. The standard InChI is InChI=1S/C18H22N2O2S/c1-13(2)22-16-9-7-15(8-10-16)20-18(23)19-12-14-5-4-6-17(11-14)21-3/h4-11,13H,12H2,1-3H3,(H2,19,20,23). The summed E-state index contributed by atoms with van der Waals surface area (Å²) in [5, 5.41) is 6.91. The van der Waals surface area contributed by atoms with Crippen LogP contribution in [0, 0.1) is 0 Å². The molecule has 0 aromatic heterocycles. The molecule has 0 aliphatic heterocycles. The maximum Gasteiger partial charge on any atom is 0.171 e. The predicted molar refractivity (Wildman–Crippen MR) is 98.3 cm³/mol. The fourth-order valence-electron chi connectivity index (χ4n) is 2.03. The highest BCUT2D eigenvalue weighted by Gasteiger charge is 2.01. The van der Waals surface area contributed by atoms with Crippen LogP contribution >= 0.6 is 12.2 Å². The Labute approximate surface area is 142 Å². The number of thiocarbonyl (C=S) groups is 1. The topological polar surface area (TPSA) is 42.5 Å². The number of methoxy groups -OCH3 is 1. The normalized spacial score (nSPS) is 10.3. The molecule has 122 valence electrons. The number of nitrogens with one attached hydrogen (secondary N) is 2. The molecule has 0 radical (unpaired) electrons. The van der Waals surface area contributed by atoms with Gasteiger partial charge >= 0.3 is 0 Å². The van der Waals surface area contributed by atoms with Crippen LogP contribution in [0.1, 0.15) is 19.4 Å². The predicted octanol–water partition coefficient (Wildman–Crippen LogP) is 3.97. The Morgan fingerprint density at radius 2 is 1.83 bits per heavy atom. The van der Waals surface area contributed by atoms with Gasteiger partial charge < -0.3 is 20.1 Å². The molecule has 0 unspecified atom stereocenters. The van der Waals surface area contributed by atoms with Crippen molar-refractivity contribution in [2.24, 2.45) is 0 Å². The third-order valence-corrected chi connectivity index (χ3v) is 3.32. The van der Waals surface area contributed by atoms with Crippen molar-refractivity contribution in [1.82, 2.24) is 5.32 Å². The lowest BCUT2D eigenvalue weighted by atomic mass is 10.2. The number of hydrogen-bond acceptors (Lipinski definition) is 3. The first-order valence-electron chi connectivity index (χ1n) is 7.51. The van der Waals surface area contributed by atoms with E-state index < -0.39 is 0 Å². The van der Waals surface area contributed by atoms with Crippen molar-refractivity contribution in [3.05, 3.63) is 54.1 Å². The SMILES string of the molecule is COc1cccc(CNC(=S)Nc2ccc(OC(C)C)cc2)c1. The molecule has 0 fully saturated rings. The second-order valence-electron chi connectivity index (χ2n) is 5.35. The maximum atomic E-state index is 5.61. The van der Waals surface area contributed by atoms with Gasteiger partial charge in [0.1, 0.15) is 11.5 Å². The van der Waals surface area contributed by atoms with Gasteiger partial charge in [-0.1, -0.05) is 12.1 Å². The van der Waals surface area contributed by atoms with Gasteiger partial charge in [0.15, 0.2) is 5.11 Å². The van der Waals surface area contributed by atoms with Crippen LogP contribution in [0.25, 0.3) is 0 Å². The molecule has 5 heteroatoms. The van der Waals surface area contributed by atoms with E-state index in [1.165, 1.54) is 0 Å². The summed E-state index contributed by atoms with van der Waals surface area (Å²) < 4.78 is 10.8. The number of rotatable bonds is 6. The van der Waals surface area contributed by atoms with E-state index in [4.69, 9.17) is 21.7 Å². The molecule has 2 N–H and O–H groups in total. The van der Waals surface area contributed by atoms with Crippen LogP contribution in [-0.4, -0.2) is 18.3 Å². The molecule has 0 saturated carbocycles. The highest BCUT2D eigenvalue weighted by atomic mass is 32.1. The third kappa shape index (κ3) is 5.79. The molecule has 0 atom stereocenters. The van der Waals surface area contributed by atoms with Crippen molar-refractivity contribution in [3.63, 3.8) is 0 Å². The largest absolute Gasteiger partial charge is 0.497 e. The van der Waals surface area contributed by atoms with E-state index in [1.807, 2.05) is 62.4 Å². The first-order chi connectivity index (χ1) is 11.1. The Morgan fingerprint density at radius 1 is 1.09 bits per heavy atom. The summed E-state index contributed by atoms with van der Waals surface area (Å²) in [7, 11) is 1.66. The molecular weight excluding hydrogens is 308 g/mol. The smallest absolute Gasteiger partial charge is 0.171 e. The monoisotopic (exact) mass is 330 g/mol. The Kier molecular flexibility index (Phi) is 6.23. The van der Waals surface area contributed by atoms with Gasteiger partial charge in [-0.2, -0.15) is 0 Å². The van der Waals surface area contributed by atoms with Crippen LogP contribution in [0.2, 0.25) is 0 Å². The Balaban J connectivity index is 1.84. The van der Waals surface area contributed by atoms with E-state index in [2.05, 4.69) is 10.6 Å². The average Bonchev–Trinajstić information content (AvgIpc) is 2.54. The van der Waals surface area contributed by atoms with Gasteiger partial charge in [0, 0.05) is 12.2 Å². The highest BCUT2D eigenvalue weighted by Crippen LogP contribution is 2.17. The Morgan fingerprint density at radius 3 is 2.48 bits per heavy atom. The molecule has 2 rings (SSSR count). The van der Waals surface area contributed by atoms with Crippen LogP contribution < -0.4 is 20.1 Å². The molecule has 0 heterocycles. The van der Waals surface area contributed by atoms with Crippen LogP contribution in [0.15, 0.2) is 48.5 Å². The molecule has 0 bridgehead atoms. The zero-order valence-electron chi connectivity index (χ0n) is 13.6. The molecule has 0 aliphatic rings. The van der Waals surface area contributed by atoms with Gasteiger partial charge in [0.05, 0.1) is 13.2 Å². The van der Waals surface area contributed by atoms with Gasteiger partial charge in [-0.15, -0.1) is 0 Å². The molecule has 4 nitrogen and oxygen atoms in total. The quantitative estimate of drug-likeness (QED) is 0.785. The lowest BCUT2D eigenvalue weighted by molar-refractivity contribution is 0.242. The minimum atomic E-state index is 0.166. The van der Waals surface area contributed by atoms with Crippen LogP contribution in [0.3, 0.4) is 0 Å². The summed E-state index contributed by atoms with van der Waals surface area (Å²) in [5.41, 5.74) is 2.03. The van der Waals surface area contributed by atoms with Gasteiger partial charge in [-0.25, -0.2) is 0 Å². The second-order valence-corrected chi connectivity index (χ2v) is 5.76. The molecule has 2 aromatic carbocycles. The summed E-state index contributed by atoms with van der Waals surface area (Å²) in [6, 6.07) is 15.6. The van der Waals surface area contributed by atoms with Gasteiger partial charge in [0.25, 0.3) is 0 Å². The van der Waals surface area contributed by atoms with E-state index in [-0.39, 0.29) is 6.10 Å². The zero-order valence-corrected chi connectivity index (χ0v) is 14.4. The van der Waals surface area contributed by atoms with E-state index in [9.17, 15) is 0 Å². The number of ether oxygens (including phenoxy) is 2. The fourth-order valence-corrected chi connectivity index (χ4v) is 2.22. The zero-order chi connectivity index (χ0) is 16.7. The van der Waals surface area contributed by atoms with Crippen molar-refractivity contribution < 1.29 is 9.47 Å². The number of anilines is 1. The average molecular weight is 330 g/mol. The van der Waals surface area contributed by atoms with Gasteiger partial charge in [-0.3, -0.25) is 0 Å². The fraction of sp³-hybridized carbons (Fsp3) is 0.278. The number of hydrogen-bond donors (Lipinski definition) is 2. The highest BCUT2D eigenvalue weighted by molar-refractivity contribution is 7.80. The molecule has 23 heavy (non-hydrogen) atoms. The lowest BCUT2D eigenvalue weighted by Crippen LogP contribution is -2.27. The molecule has 0 aliphatic carbocycles. The van der Waals surface area contributed by atoms with E-state index >= 15 is 0 Å². The van der Waals surface area contributed by atoms with Crippen molar-refractivity contribution in [1.29, 1.82) is 0 Å². The maximum absolute atomic E-state index is 5.61. The van der Waals surface area contributed by atoms with E-state index in [0.29, 0.717) is 11.7 Å². The molecule has 0 amide bonds. The minimum absolute atomic E-state index is 0.166. The van der Waals surface area contributed by atoms with Crippen molar-refractivity contribution in [3.8, 4) is 11.5 Å². The minimum Gasteiger partial charge on any atom is -0.497 e. The first kappa shape index (κ1) is 17.1. The molecule has 2 aromatic rings. The van der Waals surface area contributed by atoms with Crippen LogP contribution in [0.5, 0.6) is 11.5 Å². The van der Waals surface area contributed by atoms with Gasteiger partial charge in [-0.05, 0) is 68.0 Å². The number of benzene rings is 2. The Hall–Kier alpha value is -2.27. The Bertz CT molecular complexity index is 642. The second kappa shape index (κ2) is 8.39. The first-order valence-corrected chi connectivity index (χ1v) is 7.92. The summed E-state index contributed by atoms with van der Waals surface area (Å²) in [6.07, 6.45) is 0.166. The van der Waals surface area contributed by atoms with Crippen molar-refractivity contribution in [2.75, 3.05) is 12.4 Å². The van der Waals surface area contributed by atoms with Crippen molar-refractivity contribution in [2.45, 2.75) is 26.5 Å². The lowest BCUT2D eigenvalue weighted by Gasteiger charge is -2.13. The van der Waals surface area contributed by atoms with Crippen LogP contribution in [-0.2, 0) is 6.54 Å². The third-order valence-electron chi connectivity index (χ3n) is 3.07. The summed E-state index contributed by atoms with van der Waals surface area (Å²) in [6.45, 7) is 4.64. The van der Waals surface area contributed by atoms with Crippen LogP contribution in [0.4, 0.5) is 5.69 Å². The molecule has 0 spiro atoms. The summed E-state index contributed by atoms with van der Waals surface area (Å²) in [5.74, 6) is 1.68. The summed E-state index contributed by atoms with van der Waals surface area (Å²) in [4.78, 5) is 0. The van der Waals surface area contributed by atoms with E-state index in [0.717, 1.165) is 22.7 Å². The van der Waals surface area contributed by atoms with Crippen molar-refractivity contribution >= 4 is 23.0 Å².